The monoisotopic (exact) mass is 314 g/mol. The summed E-state index contributed by atoms with van der Waals surface area (Å²) in [6.45, 7) is 5.57. The zero-order valence-electron chi connectivity index (χ0n) is 13.3. The van der Waals surface area contributed by atoms with Gasteiger partial charge >= 0.3 is 5.69 Å². The third kappa shape index (κ3) is 2.38. The number of rotatable bonds is 3. The van der Waals surface area contributed by atoms with Crippen LogP contribution in [0.25, 0.3) is 0 Å². The van der Waals surface area contributed by atoms with Crippen LogP contribution < -0.4 is 4.90 Å². The molecule has 7 nitrogen and oxygen atoms in total. The van der Waals surface area contributed by atoms with Crippen LogP contribution in [0, 0.1) is 24.0 Å². The summed E-state index contributed by atoms with van der Waals surface area (Å²) in [4.78, 5) is 25.3. The number of carbonyl (C=O) groups excluding carboxylic acids is 1. The first-order valence-electron chi connectivity index (χ1n) is 7.51. The van der Waals surface area contributed by atoms with E-state index in [0.29, 0.717) is 17.9 Å². The zero-order chi connectivity index (χ0) is 16.7. The Morgan fingerprint density at radius 1 is 1.35 bits per heavy atom. The Morgan fingerprint density at radius 2 is 2.04 bits per heavy atom. The van der Waals surface area contributed by atoms with Crippen LogP contribution in [-0.2, 0) is 11.2 Å². The molecule has 0 N–H and O–H groups in total. The van der Waals surface area contributed by atoms with Crippen molar-refractivity contribution in [3.8, 4) is 0 Å². The minimum Gasteiger partial charge on any atom is -0.310 e. The van der Waals surface area contributed by atoms with E-state index < -0.39 is 11.0 Å². The van der Waals surface area contributed by atoms with Crippen LogP contribution in [0.2, 0.25) is 0 Å². The molecule has 0 unspecified atom stereocenters. The van der Waals surface area contributed by atoms with Crippen molar-refractivity contribution in [3.63, 3.8) is 0 Å². The van der Waals surface area contributed by atoms with Crippen molar-refractivity contribution < 1.29 is 9.72 Å². The van der Waals surface area contributed by atoms with Crippen molar-refractivity contribution in [1.82, 2.24) is 9.78 Å². The molecule has 1 atom stereocenters. The molecular formula is C16H18N4O3. The van der Waals surface area contributed by atoms with E-state index in [1.54, 1.807) is 25.7 Å². The Labute approximate surface area is 133 Å². The highest BCUT2D eigenvalue weighted by Crippen LogP contribution is 2.31. The molecule has 1 aromatic heterocycles. The lowest BCUT2D eigenvalue weighted by Gasteiger charge is -2.22. The van der Waals surface area contributed by atoms with Gasteiger partial charge in [0.2, 0.25) is 0 Å². The van der Waals surface area contributed by atoms with Gasteiger partial charge in [-0.25, -0.2) is 0 Å². The molecule has 2 aromatic rings. The maximum Gasteiger partial charge on any atom is 0.312 e. The van der Waals surface area contributed by atoms with Crippen molar-refractivity contribution in [1.29, 1.82) is 0 Å². The van der Waals surface area contributed by atoms with Gasteiger partial charge in [0.15, 0.2) is 0 Å². The fraction of sp³-hybridized carbons (Fsp3) is 0.375. The predicted octanol–water partition coefficient (Wildman–Crippen LogP) is 2.56. The molecule has 0 fully saturated rings. The van der Waals surface area contributed by atoms with E-state index in [2.05, 4.69) is 5.10 Å². The van der Waals surface area contributed by atoms with E-state index in [1.807, 2.05) is 24.3 Å². The number of nitro groups is 1. The van der Waals surface area contributed by atoms with E-state index in [4.69, 9.17) is 0 Å². The fourth-order valence-electron chi connectivity index (χ4n) is 3.19. The first-order valence-corrected chi connectivity index (χ1v) is 7.51. The number of hydrogen-bond acceptors (Lipinski definition) is 4. The molecule has 0 aliphatic carbocycles. The number of nitrogens with zero attached hydrogens (tertiary/aromatic N) is 4. The number of anilines is 1. The highest BCUT2D eigenvalue weighted by Gasteiger charge is 2.32. The van der Waals surface area contributed by atoms with Crippen molar-refractivity contribution in [2.24, 2.45) is 0 Å². The second-order valence-electron chi connectivity index (χ2n) is 5.77. The van der Waals surface area contributed by atoms with Crippen molar-refractivity contribution in [2.45, 2.75) is 33.2 Å². The van der Waals surface area contributed by atoms with Crippen LogP contribution in [0.4, 0.5) is 11.4 Å². The SMILES string of the molecule is Cc1nn([C@@H](C)C(=O)N2CCc3ccccc32)c(C)c1[N+](=O)[O-]. The van der Waals surface area contributed by atoms with Crippen LogP contribution in [0.1, 0.15) is 29.9 Å². The van der Waals surface area contributed by atoms with Crippen molar-refractivity contribution in [3.05, 3.63) is 51.3 Å². The molecule has 1 amide bonds. The van der Waals surface area contributed by atoms with Gasteiger partial charge in [-0.2, -0.15) is 5.10 Å². The van der Waals surface area contributed by atoms with Gasteiger partial charge in [-0.05, 0) is 38.8 Å². The van der Waals surface area contributed by atoms with E-state index in [9.17, 15) is 14.9 Å². The smallest absolute Gasteiger partial charge is 0.310 e. The van der Waals surface area contributed by atoms with Crippen LogP contribution >= 0.6 is 0 Å². The number of aryl methyl sites for hydroxylation is 1. The fourth-order valence-corrected chi connectivity index (χ4v) is 3.19. The van der Waals surface area contributed by atoms with Gasteiger partial charge < -0.3 is 4.90 Å². The molecule has 1 aliphatic heterocycles. The Morgan fingerprint density at radius 3 is 2.70 bits per heavy atom. The number of amides is 1. The summed E-state index contributed by atoms with van der Waals surface area (Å²) in [6.07, 6.45) is 0.825. The molecule has 120 valence electrons. The average molecular weight is 314 g/mol. The third-order valence-electron chi connectivity index (χ3n) is 4.35. The average Bonchev–Trinajstić information content (AvgIpc) is 3.06. The molecule has 0 bridgehead atoms. The zero-order valence-corrected chi connectivity index (χ0v) is 13.3. The molecule has 7 heteroatoms. The molecule has 0 spiro atoms. The lowest BCUT2D eigenvalue weighted by Crippen LogP contribution is -2.35. The summed E-state index contributed by atoms with van der Waals surface area (Å²) >= 11 is 0. The maximum atomic E-state index is 12.8. The number of fused-ring (bicyclic) bond motifs is 1. The summed E-state index contributed by atoms with van der Waals surface area (Å²) in [5.41, 5.74) is 2.77. The number of carbonyl (C=O) groups is 1. The Hall–Kier alpha value is -2.70. The number of hydrogen-bond donors (Lipinski definition) is 0. The predicted molar refractivity (Wildman–Crippen MR) is 85.6 cm³/mol. The second-order valence-corrected chi connectivity index (χ2v) is 5.77. The van der Waals surface area contributed by atoms with Crippen LogP contribution in [0.5, 0.6) is 0 Å². The molecule has 0 radical (unpaired) electrons. The van der Waals surface area contributed by atoms with Crippen LogP contribution in [0.3, 0.4) is 0 Å². The highest BCUT2D eigenvalue weighted by molar-refractivity contribution is 5.97. The topological polar surface area (TPSA) is 81.3 Å². The van der Waals surface area contributed by atoms with Gasteiger partial charge in [-0.15, -0.1) is 0 Å². The van der Waals surface area contributed by atoms with Crippen LogP contribution in [-0.4, -0.2) is 27.2 Å². The Bertz CT molecular complexity index is 797. The summed E-state index contributed by atoms with van der Waals surface area (Å²) < 4.78 is 1.46. The van der Waals surface area contributed by atoms with Crippen molar-refractivity contribution in [2.75, 3.05) is 11.4 Å². The summed E-state index contributed by atoms with van der Waals surface area (Å²) in [6, 6.07) is 7.22. The summed E-state index contributed by atoms with van der Waals surface area (Å²) in [7, 11) is 0. The first-order chi connectivity index (χ1) is 10.9. The van der Waals surface area contributed by atoms with Gasteiger partial charge in [0.25, 0.3) is 5.91 Å². The van der Waals surface area contributed by atoms with E-state index in [1.165, 1.54) is 4.68 Å². The summed E-state index contributed by atoms with van der Waals surface area (Å²) in [5, 5.41) is 15.3. The minimum absolute atomic E-state index is 0.0218. The van der Waals surface area contributed by atoms with Gasteiger partial charge in [0.05, 0.1) is 4.92 Å². The number of para-hydroxylation sites is 1. The quantitative estimate of drug-likeness (QED) is 0.644. The third-order valence-corrected chi connectivity index (χ3v) is 4.35. The molecule has 23 heavy (non-hydrogen) atoms. The number of benzene rings is 1. The standard InChI is InChI=1S/C16H18N4O3/c1-10-15(20(22)23)11(2)19(17-10)12(3)16(21)18-9-8-13-6-4-5-7-14(13)18/h4-7,12H,8-9H2,1-3H3/t12-/m0/s1. The van der Waals surface area contributed by atoms with Gasteiger partial charge in [0.1, 0.15) is 17.4 Å². The van der Waals surface area contributed by atoms with Gasteiger partial charge in [-0.1, -0.05) is 18.2 Å². The second kappa shape index (κ2) is 5.49. The molecule has 1 aliphatic rings. The van der Waals surface area contributed by atoms with Gasteiger partial charge in [-0.3, -0.25) is 19.6 Å². The minimum atomic E-state index is -0.589. The Balaban J connectivity index is 1.93. The normalized spacial score (nSPS) is 14.7. The lowest BCUT2D eigenvalue weighted by atomic mass is 10.2. The molecule has 0 saturated heterocycles. The maximum absolute atomic E-state index is 12.8. The largest absolute Gasteiger partial charge is 0.312 e. The summed E-state index contributed by atoms with van der Waals surface area (Å²) in [5.74, 6) is -0.101. The molecule has 0 saturated carbocycles. The van der Waals surface area contributed by atoms with Crippen LogP contribution in [0.15, 0.2) is 24.3 Å². The van der Waals surface area contributed by atoms with E-state index in [0.717, 1.165) is 17.7 Å². The number of aromatic nitrogens is 2. The molecule has 1 aromatic carbocycles. The Kier molecular flexibility index (Phi) is 3.63. The molecular weight excluding hydrogens is 296 g/mol. The van der Waals surface area contributed by atoms with Crippen molar-refractivity contribution >= 4 is 17.3 Å². The van der Waals surface area contributed by atoms with E-state index in [-0.39, 0.29) is 11.6 Å². The molecule has 2 heterocycles. The highest BCUT2D eigenvalue weighted by atomic mass is 16.6. The molecule has 3 rings (SSSR count). The lowest BCUT2D eigenvalue weighted by molar-refractivity contribution is -0.386. The van der Waals surface area contributed by atoms with Gasteiger partial charge in [0, 0.05) is 12.2 Å². The van der Waals surface area contributed by atoms with E-state index >= 15 is 0 Å². The first kappa shape index (κ1) is 15.2.